The summed E-state index contributed by atoms with van der Waals surface area (Å²) in [6, 6.07) is 0. The van der Waals surface area contributed by atoms with E-state index in [-0.39, 0.29) is 5.66 Å². The summed E-state index contributed by atoms with van der Waals surface area (Å²) in [6.45, 7) is 13.1. The van der Waals surface area contributed by atoms with Crippen molar-refractivity contribution in [1.29, 1.82) is 0 Å². The average molecular weight is 306 g/mol. The van der Waals surface area contributed by atoms with Gasteiger partial charge in [0.2, 0.25) is 0 Å². The summed E-state index contributed by atoms with van der Waals surface area (Å²) >= 11 is 0. The van der Waals surface area contributed by atoms with Gasteiger partial charge in [0.1, 0.15) is 5.66 Å². The fourth-order valence-corrected chi connectivity index (χ4v) is 3.97. The van der Waals surface area contributed by atoms with Crippen LogP contribution in [0.4, 0.5) is 0 Å². The molecule has 1 saturated heterocycles. The Hall–Kier alpha value is -0.670. The molecule has 126 valence electrons. The molecule has 2 aliphatic rings. The van der Waals surface area contributed by atoms with Crippen LogP contribution in [0.3, 0.4) is 0 Å². The van der Waals surface area contributed by atoms with Crippen LogP contribution in [0.25, 0.3) is 0 Å². The summed E-state index contributed by atoms with van der Waals surface area (Å²) in [7, 11) is 0. The molecule has 0 aromatic heterocycles. The van der Waals surface area contributed by atoms with E-state index in [9.17, 15) is 0 Å². The van der Waals surface area contributed by atoms with E-state index in [4.69, 9.17) is 4.99 Å². The Morgan fingerprint density at radius 2 is 1.77 bits per heavy atom. The molecule has 3 nitrogen and oxygen atoms in total. The van der Waals surface area contributed by atoms with Crippen LogP contribution in [0, 0.1) is 5.92 Å². The van der Waals surface area contributed by atoms with E-state index in [0.717, 1.165) is 12.3 Å². The third-order valence-corrected chi connectivity index (χ3v) is 5.36. The molecular weight excluding hydrogens is 270 g/mol. The fourth-order valence-electron chi connectivity index (χ4n) is 3.97. The topological polar surface area (TPSA) is 18.8 Å². The van der Waals surface area contributed by atoms with Gasteiger partial charge in [-0.3, -0.25) is 9.89 Å². The van der Waals surface area contributed by atoms with E-state index in [1.165, 1.54) is 64.8 Å². The van der Waals surface area contributed by atoms with Crippen molar-refractivity contribution in [1.82, 2.24) is 9.80 Å². The highest BCUT2D eigenvalue weighted by Gasteiger charge is 2.35. The van der Waals surface area contributed by atoms with Crippen molar-refractivity contribution in [2.45, 2.75) is 65.0 Å². The lowest BCUT2D eigenvalue weighted by Crippen LogP contribution is -2.48. The van der Waals surface area contributed by atoms with E-state index in [1.54, 1.807) is 0 Å². The van der Waals surface area contributed by atoms with Gasteiger partial charge in [0.05, 0.1) is 0 Å². The molecule has 0 bridgehead atoms. The number of nitrogens with zero attached hydrogens (tertiary/aromatic N) is 3. The number of likely N-dealkylation sites (tertiary alicyclic amines) is 1. The molecule has 1 fully saturated rings. The molecule has 0 N–H and O–H groups in total. The molecule has 0 aliphatic carbocycles. The Bertz CT molecular complexity index is 349. The molecule has 3 heteroatoms. The van der Waals surface area contributed by atoms with Crippen LogP contribution in [0.2, 0.25) is 0 Å². The van der Waals surface area contributed by atoms with Gasteiger partial charge in [-0.25, -0.2) is 0 Å². The molecule has 0 radical (unpaired) electrons. The standard InChI is InChI=1S/C19H35N3/c1-4-13-21(14-5-2)15-8-18-9-16-22(17-10-18)19(6-3)11-7-12-20-19/h7,11-12,18H,4-6,8-10,13-17H2,1-3H3. The van der Waals surface area contributed by atoms with Gasteiger partial charge < -0.3 is 4.90 Å². The maximum Gasteiger partial charge on any atom is 0.131 e. The Morgan fingerprint density at radius 3 is 2.27 bits per heavy atom. The van der Waals surface area contributed by atoms with Crippen LogP contribution in [0.15, 0.2) is 17.1 Å². The summed E-state index contributed by atoms with van der Waals surface area (Å²) < 4.78 is 0. The first kappa shape index (κ1) is 17.7. The lowest BCUT2D eigenvalue weighted by molar-refractivity contribution is 0.0812. The number of rotatable bonds is 9. The molecule has 0 aromatic rings. The van der Waals surface area contributed by atoms with Crippen LogP contribution in [0.1, 0.15) is 59.3 Å². The van der Waals surface area contributed by atoms with Gasteiger partial charge in [0.15, 0.2) is 0 Å². The van der Waals surface area contributed by atoms with E-state index in [1.807, 2.05) is 6.21 Å². The molecule has 2 rings (SSSR count). The van der Waals surface area contributed by atoms with Crippen molar-refractivity contribution in [3.05, 3.63) is 12.2 Å². The minimum absolute atomic E-state index is 0.0125. The van der Waals surface area contributed by atoms with Gasteiger partial charge in [-0.1, -0.05) is 20.8 Å². The first-order valence-electron chi connectivity index (χ1n) is 9.44. The van der Waals surface area contributed by atoms with Gasteiger partial charge >= 0.3 is 0 Å². The van der Waals surface area contributed by atoms with Crippen LogP contribution in [-0.2, 0) is 0 Å². The van der Waals surface area contributed by atoms with Crippen molar-refractivity contribution in [2.24, 2.45) is 10.9 Å². The van der Waals surface area contributed by atoms with Gasteiger partial charge in [-0.05, 0) is 76.2 Å². The van der Waals surface area contributed by atoms with Gasteiger partial charge in [-0.2, -0.15) is 0 Å². The molecule has 2 heterocycles. The summed E-state index contributed by atoms with van der Waals surface area (Å²) in [5.41, 5.74) is -0.0125. The Kier molecular flexibility index (Phi) is 7.10. The molecule has 0 amide bonds. The largest absolute Gasteiger partial charge is 0.303 e. The second-order valence-corrected chi connectivity index (χ2v) is 6.93. The maximum atomic E-state index is 4.74. The highest BCUT2D eigenvalue weighted by molar-refractivity contribution is 5.75. The maximum absolute atomic E-state index is 4.74. The van der Waals surface area contributed by atoms with Crippen LogP contribution >= 0.6 is 0 Å². The zero-order valence-electron chi connectivity index (χ0n) is 14.9. The first-order valence-corrected chi connectivity index (χ1v) is 9.44. The quantitative estimate of drug-likeness (QED) is 0.642. The highest BCUT2D eigenvalue weighted by Crippen LogP contribution is 2.31. The summed E-state index contributed by atoms with van der Waals surface area (Å²) in [5, 5.41) is 0. The van der Waals surface area contributed by atoms with Crippen LogP contribution < -0.4 is 0 Å². The molecule has 0 saturated carbocycles. The van der Waals surface area contributed by atoms with E-state index < -0.39 is 0 Å². The average Bonchev–Trinajstić information content (AvgIpc) is 3.04. The zero-order chi connectivity index (χ0) is 15.8. The molecule has 2 aliphatic heterocycles. The second kappa shape index (κ2) is 8.83. The molecular formula is C19H35N3. The van der Waals surface area contributed by atoms with Crippen molar-refractivity contribution in [3.63, 3.8) is 0 Å². The number of aliphatic imine (C=N–C) groups is 1. The number of piperidine rings is 1. The SMILES string of the molecule is CCCN(CCC)CCC1CCN(C2(CC)C=CC=N2)CC1. The first-order chi connectivity index (χ1) is 10.7. The number of hydrogen-bond donors (Lipinski definition) is 0. The van der Waals surface area contributed by atoms with Gasteiger partial charge in [-0.15, -0.1) is 0 Å². The summed E-state index contributed by atoms with van der Waals surface area (Å²) in [4.78, 5) is 9.99. The molecule has 0 spiro atoms. The Balaban J connectivity index is 1.75. The molecule has 1 unspecified atom stereocenters. The Morgan fingerprint density at radius 1 is 1.09 bits per heavy atom. The van der Waals surface area contributed by atoms with Crippen molar-refractivity contribution < 1.29 is 0 Å². The minimum atomic E-state index is -0.0125. The smallest absolute Gasteiger partial charge is 0.131 e. The zero-order valence-corrected chi connectivity index (χ0v) is 14.9. The van der Waals surface area contributed by atoms with Crippen LogP contribution in [-0.4, -0.2) is 54.4 Å². The van der Waals surface area contributed by atoms with Crippen molar-refractivity contribution >= 4 is 6.21 Å². The third kappa shape index (κ3) is 4.42. The predicted octanol–water partition coefficient (Wildman–Crippen LogP) is 3.96. The molecule has 22 heavy (non-hydrogen) atoms. The molecule has 1 atom stereocenters. The highest BCUT2D eigenvalue weighted by atomic mass is 15.3. The monoisotopic (exact) mass is 305 g/mol. The second-order valence-electron chi connectivity index (χ2n) is 6.93. The van der Waals surface area contributed by atoms with Crippen molar-refractivity contribution in [3.8, 4) is 0 Å². The Labute approximate surface area is 137 Å². The van der Waals surface area contributed by atoms with Crippen molar-refractivity contribution in [2.75, 3.05) is 32.7 Å². The van der Waals surface area contributed by atoms with E-state index >= 15 is 0 Å². The number of hydrogen-bond acceptors (Lipinski definition) is 3. The van der Waals surface area contributed by atoms with Gasteiger partial charge in [0.25, 0.3) is 0 Å². The predicted molar refractivity (Wildman–Crippen MR) is 96.6 cm³/mol. The number of allylic oxidation sites excluding steroid dienone is 1. The summed E-state index contributed by atoms with van der Waals surface area (Å²) in [5.74, 6) is 0.913. The van der Waals surface area contributed by atoms with E-state index in [0.29, 0.717) is 0 Å². The lowest BCUT2D eigenvalue weighted by atomic mass is 9.91. The third-order valence-electron chi connectivity index (χ3n) is 5.36. The van der Waals surface area contributed by atoms with Crippen LogP contribution in [0.5, 0.6) is 0 Å². The van der Waals surface area contributed by atoms with E-state index in [2.05, 4.69) is 42.7 Å². The fraction of sp³-hybridized carbons (Fsp3) is 0.842. The minimum Gasteiger partial charge on any atom is -0.303 e. The van der Waals surface area contributed by atoms with Gasteiger partial charge in [0, 0.05) is 19.3 Å². The normalized spacial score (nSPS) is 26.4. The summed E-state index contributed by atoms with van der Waals surface area (Å²) in [6.07, 6.45) is 14.1. The lowest BCUT2D eigenvalue weighted by Gasteiger charge is -2.42. The molecule has 0 aromatic carbocycles.